The summed E-state index contributed by atoms with van der Waals surface area (Å²) < 4.78 is 18.7. The van der Waals surface area contributed by atoms with Crippen molar-refractivity contribution in [3.05, 3.63) is 39.2 Å². The Hall–Kier alpha value is -2.02. The predicted octanol–water partition coefficient (Wildman–Crippen LogP) is 1.81. The van der Waals surface area contributed by atoms with Crippen molar-refractivity contribution in [1.29, 1.82) is 0 Å². The second kappa shape index (κ2) is 6.24. The number of nitrogens with zero attached hydrogens (tertiary/aromatic N) is 1. The highest BCUT2D eigenvalue weighted by Gasteiger charge is 2.20. The lowest BCUT2D eigenvalue weighted by molar-refractivity contribution is -0.385. The Bertz CT molecular complexity index is 505. The van der Waals surface area contributed by atoms with Crippen LogP contribution in [0.5, 0.6) is 0 Å². The number of halogens is 1. The molecule has 0 aliphatic rings. The molecule has 1 amide bonds. The van der Waals surface area contributed by atoms with Crippen LogP contribution in [0, 0.1) is 22.9 Å². The number of benzene rings is 1. The Balaban J connectivity index is 3.05. The van der Waals surface area contributed by atoms with Crippen LogP contribution in [0.4, 0.5) is 10.1 Å². The van der Waals surface area contributed by atoms with Crippen LogP contribution in [0.1, 0.15) is 22.8 Å². The summed E-state index contributed by atoms with van der Waals surface area (Å²) in [6.07, 6.45) is 0. The van der Waals surface area contributed by atoms with E-state index in [2.05, 4.69) is 5.32 Å². The fraction of sp³-hybridized carbons (Fsp3) is 0.417. The predicted molar refractivity (Wildman–Crippen MR) is 66.6 cm³/mol. The summed E-state index contributed by atoms with van der Waals surface area (Å²) in [5, 5.41) is 13.2. The summed E-state index contributed by atoms with van der Waals surface area (Å²) >= 11 is 0. The van der Waals surface area contributed by atoms with Gasteiger partial charge >= 0.3 is 0 Å². The topological polar surface area (TPSA) is 81.5 Å². The van der Waals surface area contributed by atoms with E-state index in [9.17, 15) is 19.3 Å². The Kier molecular flexibility index (Phi) is 4.94. The molecule has 1 aromatic carbocycles. The normalized spacial score (nSPS) is 12.0. The number of nitro benzene ring substituents is 1. The highest BCUT2D eigenvalue weighted by molar-refractivity contribution is 5.95. The number of ether oxygens (including phenoxy) is 1. The number of amides is 1. The van der Waals surface area contributed by atoms with Crippen molar-refractivity contribution in [1.82, 2.24) is 5.32 Å². The van der Waals surface area contributed by atoms with E-state index in [1.165, 1.54) is 14.0 Å². The van der Waals surface area contributed by atoms with Crippen molar-refractivity contribution in [3.8, 4) is 0 Å². The Morgan fingerprint density at radius 1 is 1.58 bits per heavy atom. The molecule has 0 radical (unpaired) electrons. The molecule has 0 saturated heterocycles. The van der Waals surface area contributed by atoms with Gasteiger partial charge in [0.25, 0.3) is 11.6 Å². The van der Waals surface area contributed by atoms with Gasteiger partial charge in [0.15, 0.2) is 0 Å². The third-order valence-corrected chi connectivity index (χ3v) is 2.49. The first-order valence-corrected chi connectivity index (χ1v) is 5.61. The molecule has 7 heteroatoms. The molecule has 0 aromatic heterocycles. The van der Waals surface area contributed by atoms with E-state index in [4.69, 9.17) is 4.74 Å². The van der Waals surface area contributed by atoms with E-state index in [0.29, 0.717) is 0 Å². The van der Waals surface area contributed by atoms with Crippen LogP contribution < -0.4 is 5.32 Å². The summed E-state index contributed by atoms with van der Waals surface area (Å²) in [5.74, 6) is -1.46. The van der Waals surface area contributed by atoms with E-state index < -0.39 is 16.6 Å². The largest absolute Gasteiger partial charge is 0.383 e. The molecule has 1 atom stereocenters. The molecule has 1 unspecified atom stereocenters. The summed E-state index contributed by atoms with van der Waals surface area (Å²) in [4.78, 5) is 21.9. The summed E-state index contributed by atoms with van der Waals surface area (Å²) in [6.45, 7) is 3.32. The minimum atomic E-state index is -0.757. The van der Waals surface area contributed by atoms with Crippen molar-refractivity contribution in [2.75, 3.05) is 13.7 Å². The van der Waals surface area contributed by atoms with Gasteiger partial charge in [0.2, 0.25) is 0 Å². The van der Waals surface area contributed by atoms with Crippen molar-refractivity contribution in [2.24, 2.45) is 0 Å². The summed E-state index contributed by atoms with van der Waals surface area (Å²) in [5.41, 5.74) is -0.600. The number of hydrogen-bond donors (Lipinski definition) is 1. The van der Waals surface area contributed by atoms with Crippen molar-refractivity contribution in [2.45, 2.75) is 19.9 Å². The zero-order valence-corrected chi connectivity index (χ0v) is 10.9. The van der Waals surface area contributed by atoms with Crippen molar-refractivity contribution < 1.29 is 18.8 Å². The molecule has 19 heavy (non-hydrogen) atoms. The number of aryl methyl sites for hydroxylation is 1. The van der Waals surface area contributed by atoms with E-state index in [0.717, 1.165) is 12.1 Å². The standard InChI is InChI=1S/C12H15FN2O4/c1-7-4-9(15(17)18)5-10(11(7)13)12(16)14-8(2)6-19-3/h4-5,8H,6H2,1-3H3,(H,14,16). The average molecular weight is 270 g/mol. The Morgan fingerprint density at radius 3 is 2.74 bits per heavy atom. The molecular formula is C12H15FN2O4. The van der Waals surface area contributed by atoms with E-state index >= 15 is 0 Å². The van der Waals surface area contributed by atoms with Gasteiger partial charge in [0.05, 0.1) is 17.1 Å². The van der Waals surface area contributed by atoms with Crippen LogP contribution in [-0.2, 0) is 4.74 Å². The van der Waals surface area contributed by atoms with E-state index in [-0.39, 0.29) is 29.5 Å². The fourth-order valence-corrected chi connectivity index (χ4v) is 1.61. The van der Waals surface area contributed by atoms with Gasteiger partial charge < -0.3 is 10.1 Å². The Morgan fingerprint density at radius 2 is 2.21 bits per heavy atom. The highest BCUT2D eigenvalue weighted by atomic mass is 19.1. The summed E-state index contributed by atoms with van der Waals surface area (Å²) in [7, 11) is 1.47. The minimum absolute atomic E-state index is 0.0544. The minimum Gasteiger partial charge on any atom is -0.383 e. The van der Waals surface area contributed by atoms with Gasteiger partial charge in [-0.15, -0.1) is 0 Å². The molecule has 0 saturated carbocycles. The van der Waals surface area contributed by atoms with Crippen molar-refractivity contribution in [3.63, 3.8) is 0 Å². The molecule has 0 heterocycles. The molecule has 1 N–H and O–H groups in total. The maximum Gasteiger partial charge on any atom is 0.270 e. The number of carbonyl (C=O) groups excluding carboxylic acids is 1. The maximum atomic E-state index is 13.8. The second-order valence-electron chi connectivity index (χ2n) is 4.21. The second-order valence-corrected chi connectivity index (χ2v) is 4.21. The Labute approximate surface area is 109 Å². The first kappa shape index (κ1) is 15.0. The molecule has 0 bridgehead atoms. The van der Waals surface area contributed by atoms with Gasteiger partial charge in [-0.1, -0.05) is 0 Å². The van der Waals surface area contributed by atoms with Gasteiger partial charge in [-0.3, -0.25) is 14.9 Å². The number of nitrogens with one attached hydrogen (secondary N) is 1. The SMILES string of the molecule is COCC(C)NC(=O)c1cc([N+](=O)[O-])cc(C)c1F. The first-order chi connectivity index (χ1) is 8.86. The third-order valence-electron chi connectivity index (χ3n) is 2.49. The lowest BCUT2D eigenvalue weighted by Crippen LogP contribution is -2.36. The maximum absolute atomic E-state index is 13.8. The monoisotopic (exact) mass is 270 g/mol. The van der Waals surface area contributed by atoms with Crippen LogP contribution >= 0.6 is 0 Å². The van der Waals surface area contributed by atoms with Crippen LogP contribution in [0.25, 0.3) is 0 Å². The van der Waals surface area contributed by atoms with Gasteiger partial charge in [-0.2, -0.15) is 0 Å². The van der Waals surface area contributed by atoms with Crippen LogP contribution in [0.15, 0.2) is 12.1 Å². The smallest absolute Gasteiger partial charge is 0.270 e. The average Bonchev–Trinajstić information content (AvgIpc) is 2.32. The number of hydrogen-bond acceptors (Lipinski definition) is 4. The molecule has 1 rings (SSSR count). The molecule has 104 valence electrons. The van der Waals surface area contributed by atoms with E-state index in [1.54, 1.807) is 6.92 Å². The zero-order chi connectivity index (χ0) is 14.6. The third kappa shape index (κ3) is 3.72. The molecular weight excluding hydrogens is 255 g/mol. The van der Waals surface area contributed by atoms with Gasteiger partial charge in [-0.05, 0) is 19.4 Å². The molecule has 0 fully saturated rings. The zero-order valence-electron chi connectivity index (χ0n) is 10.9. The number of methoxy groups -OCH3 is 1. The number of nitro groups is 1. The van der Waals surface area contributed by atoms with Crippen LogP contribution in [0.3, 0.4) is 0 Å². The van der Waals surface area contributed by atoms with Crippen molar-refractivity contribution >= 4 is 11.6 Å². The first-order valence-electron chi connectivity index (χ1n) is 5.61. The quantitative estimate of drug-likeness (QED) is 0.653. The van der Waals surface area contributed by atoms with Crippen LogP contribution in [-0.4, -0.2) is 30.6 Å². The highest BCUT2D eigenvalue weighted by Crippen LogP contribution is 2.21. The van der Waals surface area contributed by atoms with Crippen LogP contribution in [0.2, 0.25) is 0 Å². The molecule has 1 aromatic rings. The molecule has 6 nitrogen and oxygen atoms in total. The van der Waals surface area contributed by atoms with Gasteiger partial charge in [-0.25, -0.2) is 4.39 Å². The molecule has 0 aliphatic heterocycles. The number of rotatable bonds is 5. The van der Waals surface area contributed by atoms with E-state index in [1.807, 2.05) is 0 Å². The molecule has 0 spiro atoms. The number of non-ortho nitro benzene ring substituents is 1. The molecule has 0 aliphatic carbocycles. The summed E-state index contributed by atoms with van der Waals surface area (Å²) in [6, 6.07) is 1.69. The lowest BCUT2D eigenvalue weighted by Gasteiger charge is -2.13. The van der Waals surface area contributed by atoms with Gasteiger partial charge in [0, 0.05) is 25.3 Å². The fourth-order valence-electron chi connectivity index (χ4n) is 1.61. The lowest BCUT2D eigenvalue weighted by atomic mass is 10.1. The van der Waals surface area contributed by atoms with Gasteiger partial charge in [0.1, 0.15) is 5.82 Å². The number of carbonyl (C=O) groups is 1.